The van der Waals surface area contributed by atoms with Gasteiger partial charge in [-0.05, 0) is 115 Å². The number of allylic oxidation sites excluding steroid dienone is 4. The number of para-hydroxylation sites is 1. The Morgan fingerprint density at radius 3 is 1.38 bits per heavy atom. The molecule has 0 spiro atoms. The number of hydrogen-bond acceptors (Lipinski definition) is 8. The van der Waals surface area contributed by atoms with E-state index in [4.69, 9.17) is 15.1 Å². The molecule has 3 radical (unpaired) electrons. The van der Waals surface area contributed by atoms with Crippen molar-refractivity contribution < 1.29 is 80.1 Å². The van der Waals surface area contributed by atoms with Gasteiger partial charge < -0.3 is 20.2 Å². The summed E-state index contributed by atoms with van der Waals surface area (Å²) in [5.41, 5.74) is 20.8. The fraction of sp³-hybridized carbons (Fsp3) is 0.264. The van der Waals surface area contributed by atoms with Crippen molar-refractivity contribution in [3.63, 3.8) is 0 Å². The van der Waals surface area contributed by atoms with Crippen molar-refractivity contribution in [2.75, 3.05) is 0 Å². The normalized spacial score (nSPS) is 11.0. The van der Waals surface area contributed by atoms with Gasteiger partial charge in [0.15, 0.2) is 11.6 Å². The Morgan fingerprint density at radius 2 is 0.949 bits per heavy atom. The first-order valence-electron chi connectivity index (χ1n) is 32.5. The first kappa shape index (κ1) is 84.3. The average molecular weight is 1840 g/mol. The van der Waals surface area contributed by atoms with E-state index in [9.17, 15) is 14.7 Å². The molecule has 2 N–H and O–H groups in total. The number of rotatable bonds is 11. The predicted octanol–water partition coefficient (Wildman–Crippen LogP) is 22.2. The molecule has 0 amide bonds. The van der Waals surface area contributed by atoms with Crippen molar-refractivity contribution in [1.29, 1.82) is 0 Å². The quantitative estimate of drug-likeness (QED) is 0.0745. The number of carbonyl (C=O) groups excluding carboxylic acids is 2. The largest absolute Gasteiger partial charge is 0.512 e. The summed E-state index contributed by atoms with van der Waals surface area (Å²) in [4.78, 5) is 40.0. The number of pyridine rings is 4. The van der Waals surface area contributed by atoms with Crippen molar-refractivity contribution in [3.8, 4) is 56.2 Å². The molecule has 11 heteroatoms. The smallest absolute Gasteiger partial charge is 0.164 e. The molecular formula is C87H94Ir3N4O4-4. The molecule has 0 saturated heterocycles. The van der Waals surface area contributed by atoms with Gasteiger partial charge in [0, 0.05) is 106 Å². The van der Waals surface area contributed by atoms with E-state index >= 15 is 0 Å². The fourth-order valence-electron chi connectivity index (χ4n) is 10.1. The van der Waals surface area contributed by atoms with E-state index in [2.05, 4.69) is 194 Å². The summed E-state index contributed by atoms with van der Waals surface area (Å²) >= 11 is 0. The van der Waals surface area contributed by atoms with E-state index < -0.39 is 5.41 Å². The van der Waals surface area contributed by atoms with Crippen LogP contribution in [0, 0.1) is 81.5 Å². The molecule has 0 bridgehead atoms. The summed E-state index contributed by atoms with van der Waals surface area (Å²) in [7, 11) is 0. The summed E-state index contributed by atoms with van der Waals surface area (Å²) in [5, 5.41) is 20.5. The monoisotopic (exact) mass is 1840 g/mol. The molecular weight excluding hydrogens is 1740 g/mol. The molecule has 0 unspecified atom stereocenters. The summed E-state index contributed by atoms with van der Waals surface area (Å²) in [6, 6.07) is 77.3. The molecule has 0 aliphatic heterocycles. The number of nitrogens with zero attached hydrogens (tertiary/aromatic N) is 4. The van der Waals surface area contributed by atoms with Crippen LogP contribution in [0.4, 0.5) is 0 Å². The molecule has 0 atom stereocenters. The van der Waals surface area contributed by atoms with Crippen LogP contribution in [0.3, 0.4) is 0 Å². The number of aromatic nitrogens is 4. The molecule has 8 nitrogen and oxygen atoms in total. The Hall–Kier alpha value is -7.97. The second-order valence-corrected chi connectivity index (χ2v) is 26.9. The number of hydrogen-bond donors (Lipinski definition) is 2. The van der Waals surface area contributed by atoms with Gasteiger partial charge in [0.1, 0.15) is 5.76 Å². The van der Waals surface area contributed by atoms with E-state index in [1.54, 1.807) is 6.20 Å². The van der Waals surface area contributed by atoms with Gasteiger partial charge in [-0.3, -0.25) is 19.6 Å². The van der Waals surface area contributed by atoms with Gasteiger partial charge in [-0.15, -0.1) is 142 Å². The van der Waals surface area contributed by atoms with Crippen LogP contribution in [0.25, 0.3) is 78.0 Å². The number of fused-ring (bicyclic) bond motifs is 2. The number of aliphatic hydroxyl groups is 2. The van der Waals surface area contributed by atoms with Gasteiger partial charge in [-0.2, -0.15) is 0 Å². The van der Waals surface area contributed by atoms with Gasteiger partial charge in [0.25, 0.3) is 0 Å². The minimum absolute atomic E-state index is 0. The molecule has 4 aromatic heterocycles. The molecule has 517 valence electrons. The first-order valence-corrected chi connectivity index (χ1v) is 32.5. The SMILES string of the molecule is CC(=O)C=C(C)O.CC(C)(C)C(=O)C=C(O)C(C)(C)C.Cc1[c-]c(-c2cc(CC(C)C)c3cc(C)ccc3n2)cc(C)c1.Cc1[c-]c(-c2cc(CC(C)C)c3ccccc3n2)cc(C)c1.[Ir].[Ir].[Ir].[c-]1ccccc1-c1ccc(-c2ccccc2)cn1.[c-]1ccccc1-c1ccccn1. The van der Waals surface area contributed by atoms with Crippen molar-refractivity contribution in [2.24, 2.45) is 22.7 Å². The Balaban J connectivity index is 0.000000314. The number of aliphatic hydroxyl groups excluding tert-OH is 2. The van der Waals surface area contributed by atoms with Crippen molar-refractivity contribution in [2.45, 2.75) is 131 Å². The number of ketones is 2. The van der Waals surface area contributed by atoms with E-state index in [0.717, 1.165) is 85.6 Å². The molecule has 11 rings (SSSR count). The second-order valence-electron chi connectivity index (χ2n) is 26.9. The fourth-order valence-corrected chi connectivity index (χ4v) is 10.1. The third-order valence-corrected chi connectivity index (χ3v) is 14.6. The molecule has 0 aliphatic rings. The van der Waals surface area contributed by atoms with Gasteiger partial charge in [0.2, 0.25) is 0 Å². The Labute approximate surface area is 625 Å². The van der Waals surface area contributed by atoms with E-state index in [1.165, 1.54) is 70.2 Å². The number of benzene rings is 7. The molecule has 11 aromatic rings. The minimum atomic E-state index is -0.417. The van der Waals surface area contributed by atoms with E-state index in [0.29, 0.717) is 11.8 Å². The third-order valence-electron chi connectivity index (χ3n) is 14.6. The summed E-state index contributed by atoms with van der Waals surface area (Å²) in [6.07, 6.45) is 8.34. The zero-order chi connectivity index (χ0) is 69.4. The van der Waals surface area contributed by atoms with Crippen LogP contribution in [-0.4, -0.2) is 41.7 Å². The molecule has 98 heavy (non-hydrogen) atoms. The molecule has 0 saturated carbocycles. The van der Waals surface area contributed by atoms with Gasteiger partial charge >= 0.3 is 0 Å². The van der Waals surface area contributed by atoms with E-state index in [1.807, 2.05) is 139 Å². The van der Waals surface area contributed by atoms with E-state index in [-0.39, 0.29) is 88.8 Å². The zero-order valence-electron chi connectivity index (χ0n) is 59.8. The standard InChI is InChI=1S/C22H24N.C21H22N.C17H12N.C11H8N.C11H20O2.C5H8O2.3Ir/c1-14(2)8-18-13-22(19-10-16(4)9-17(5)11-19)23-21-7-6-15(3)12-20(18)21;1-14(2)9-17-13-21(18-11-15(3)10-16(4)12-18)22-20-8-6-5-7-19(17)20;1-3-7-14(8-4-1)16-11-12-17(18-13-16)15-9-5-2-6-10-15;1-2-6-10(7-3-1)11-8-4-5-9-12-11;1-10(2,3)8(12)7-9(13)11(4,5)6;1-4(6)3-5(2)7;;;/h6-7,9-10,12-14H,8H2,1-5H3;5-8,10-11,13-14H,9H2,1-4H3;1-9,11-13H;1-6,8-9H;7,12H,1-6H3;3,6H,1-2H3;;;/q4*-1;;;;;. The van der Waals surface area contributed by atoms with Gasteiger partial charge in [0.05, 0.1) is 16.8 Å². The van der Waals surface area contributed by atoms with Crippen LogP contribution >= 0.6 is 0 Å². The first-order chi connectivity index (χ1) is 45.0. The second kappa shape index (κ2) is 40.8. The topological polar surface area (TPSA) is 126 Å². The van der Waals surface area contributed by atoms with Crippen molar-refractivity contribution >= 4 is 33.4 Å². The molecule has 7 aromatic carbocycles. The van der Waals surface area contributed by atoms with Crippen LogP contribution in [0.15, 0.2) is 224 Å². The Morgan fingerprint density at radius 1 is 0.459 bits per heavy atom. The summed E-state index contributed by atoms with van der Waals surface area (Å²) in [6.45, 7) is 33.6. The minimum Gasteiger partial charge on any atom is -0.512 e. The predicted molar refractivity (Wildman–Crippen MR) is 397 cm³/mol. The summed E-state index contributed by atoms with van der Waals surface area (Å²) < 4.78 is 0. The van der Waals surface area contributed by atoms with Crippen LogP contribution < -0.4 is 0 Å². The van der Waals surface area contributed by atoms with Gasteiger partial charge in [-0.25, -0.2) is 0 Å². The Kier molecular flexibility index (Phi) is 35.1. The maximum absolute atomic E-state index is 11.5. The zero-order valence-corrected chi connectivity index (χ0v) is 67.0. The number of carbonyl (C=O) groups is 2. The Bertz CT molecular complexity index is 4190. The molecule has 0 aliphatic carbocycles. The van der Waals surface area contributed by atoms with Crippen LogP contribution in [0.2, 0.25) is 0 Å². The van der Waals surface area contributed by atoms with Gasteiger partial charge in [-0.1, -0.05) is 193 Å². The van der Waals surface area contributed by atoms with Crippen molar-refractivity contribution in [3.05, 3.63) is 287 Å². The maximum Gasteiger partial charge on any atom is 0.164 e. The maximum atomic E-state index is 11.5. The van der Waals surface area contributed by atoms with Crippen LogP contribution in [-0.2, 0) is 82.7 Å². The van der Waals surface area contributed by atoms with Crippen molar-refractivity contribution in [1.82, 2.24) is 19.9 Å². The molecule has 4 heterocycles. The third kappa shape index (κ3) is 28.1. The van der Waals surface area contributed by atoms with Crippen LogP contribution in [0.5, 0.6) is 0 Å². The average Bonchev–Trinajstić information content (AvgIpc) is 0.796. The summed E-state index contributed by atoms with van der Waals surface area (Å²) in [5.74, 6) is 1.29. The number of aryl methyl sites for hydroxylation is 5. The van der Waals surface area contributed by atoms with Crippen LogP contribution in [0.1, 0.15) is 122 Å². The molecule has 0 fully saturated rings.